The number of halogens is 2. The molecular formula is C17H18Cl2N6O. The quantitative estimate of drug-likeness (QED) is 0.717. The van der Waals surface area contributed by atoms with Gasteiger partial charge in [-0.05, 0) is 32.9 Å². The monoisotopic (exact) mass is 392 g/mol. The van der Waals surface area contributed by atoms with E-state index in [4.69, 9.17) is 23.2 Å². The molecule has 26 heavy (non-hydrogen) atoms. The van der Waals surface area contributed by atoms with Gasteiger partial charge in [-0.3, -0.25) is 14.8 Å². The van der Waals surface area contributed by atoms with Crippen LogP contribution < -0.4 is 5.32 Å². The van der Waals surface area contributed by atoms with Crippen LogP contribution in [0.5, 0.6) is 0 Å². The maximum atomic E-state index is 12.6. The van der Waals surface area contributed by atoms with E-state index in [0.717, 1.165) is 11.3 Å². The third-order valence-electron chi connectivity index (χ3n) is 4.05. The second-order valence-electron chi connectivity index (χ2n) is 5.78. The van der Waals surface area contributed by atoms with Gasteiger partial charge in [-0.1, -0.05) is 29.3 Å². The summed E-state index contributed by atoms with van der Waals surface area (Å²) in [5.41, 5.74) is 2.76. The smallest absolute Gasteiger partial charge is 0.261 e. The van der Waals surface area contributed by atoms with E-state index in [1.54, 1.807) is 34.5 Å². The fraction of sp³-hybridized carbons (Fsp3) is 0.294. The first-order valence-corrected chi connectivity index (χ1v) is 8.84. The van der Waals surface area contributed by atoms with Gasteiger partial charge in [0.25, 0.3) is 5.91 Å². The molecule has 3 rings (SSSR count). The summed E-state index contributed by atoms with van der Waals surface area (Å²) < 4.78 is 3.35. The van der Waals surface area contributed by atoms with Gasteiger partial charge in [-0.2, -0.15) is 5.10 Å². The van der Waals surface area contributed by atoms with E-state index in [2.05, 4.69) is 20.5 Å². The minimum Gasteiger partial charge on any atom is -0.289 e. The van der Waals surface area contributed by atoms with Gasteiger partial charge in [0.1, 0.15) is 6.33 Å². The molecule has 7 nitrogen and oxygen atoms in total. The largest absolute Gasteiger partial charge is 0.289 e. The van der Waals surface area contributed by atoms with Crippen molar-refractivity contribution in [3.05, 3.63) is 57.1 Å². The molecule has 0 saturated heterocycles. The van der Waals surface area contributed by atoms with E-state index in [1.807, 2.05) is 13.8 Å². The molecule has 1 N–H and O–H groups in total. The summed E-state index contributed by atoms with van der Waals surface area (Å²) in [4.78, 5) is 16.7. The van der Waals surface area contributed by atoms with Gasteiger partial charge in [0.2, 0.25) is 5.95 Å². The van der Waals surface area contributed by atoms with Crippen LogP contribution in [-0.2, 0) is 13.1 Å². The maximum absolute atomic E-state index is 12.6. The Bertz CT molecular complexity index is 942. The molecule has 2 aromatic heterocycles. The number of benzene rings is 1. The van der Waals surface area contributed by atoms with Crippen molar-refractivity contribution in [1.29, 1.82) is 0 Å². The molecule has 9 heteroatoms. The molecule has 0 aliphatic heterocycles. The molecule has 0 bridgehead atoms. The average molecular weight is 393 g/mol. The van der Waals surface area contributed by atoms with Crippen LogP contribution in [-0.4, -0.2) is 30.5 Å². The van der Waals surface area contributed by atoms with Crippen LogP contribution in [0.25, 0.3) is 0 Å². The predicted molar refractivity (Wildman–Crippen MR) is 101 cm³/mol. The number of aryl methyl sites for hydroxylation is 2. The number of hydrogen-bond acceptors (Lipinski definition) is 4. The third-order valence-corrected chi connectivity index (χ3v) is 4.76. The molecule has 136 valence electrons. The summed E-state index contributed by atoms with van der Waals surface area (Å²) in [5, 5.41) is 12.4. The lowest BCUT2D eigenvalue weighted by Gasteiger charge is -2.06. The van der Waals surface area contributed by atoms with Crippen LogP contribution in [0.1, 0.15) is 34.2 Å². The Labute approximate surface area is 160 Å². The topological polar surface area (TPSA) is 77.6 Å². The van der Waals surface area contributed by atoms with Gasteiger partial charge < -0.3 is 0 Å². The Balaban J connectivity index is 1.77. The number of amides is 1. The number of anilines is 1. The van der Waals surface area contributed by atoms with E-state index in [0.29, 0.717) is 34.4 Å². The Hall–Kier alpha value is -2.38. The SMILES string of the molecule is CCn1nc(C)c(C(=O)Nc2ncn(Cc3c(Cl)cccc3Cl)n2)c1C. The first-order chi connectivity index (χ1) is 12.4. The molecule has 1 aromatic carbocycles. The highest BCUT2D eigenvalue weighted by Crippen LogP contribution is 2.25. The van der Waals surface area contributed by atoms with Crippen molar-refractivity contribution in [3.63, 3.8) is 0 Å². The summed E-state index contributed by atoms with van der Waals surface area (Å²) in [7, 11) is 0. The van der Waals surface area contributed by atoms with Crippen molar-refractivity contribution in [2.45, 2.75) is 33.9 Å². The molecule has 0 spiro atoms. The van der Waals surface area contributed by atoms with Crippen LogP contribution in [0.4, 0.5) is 5.95 Å². The molecular weight excluding hydrogens is 375 g/mol. The second kappa shape index (κ2) is 7.47. The number of rotatable bonds is 5. The second-order valence-corrected chi connectivity index (χ2v) is 6.60. The number of nitrogens with zero attached hydrogens (tertiary/aromatic N) is 5. The van der Waals surface area contributed by atoms with E-state index in [1.165, 1.54) is 6.33 Å². The van der Waals surface area contributed by atoms with Gasteiger partial charge in [0.15, 0.2) is 0 Å². The van der Waals surface area contributed by atoms with Gasteiger partial charge >= 0.3 is 0 Å². The van der Waals surface area contributed by atoms with Crippen molar-refractivity contribution in [2.24, 2.45) is 0 Å². The first-order valence-electron chi connectivity index (χ1n) is 8.08. The summed E-state index contributed by atoms with van der Waals surface area (Å²) >= 11 is 12.4. The summed E-state index contributed by atoms with van der Waals surface area (Å²) in [6.07, 6.45) is 1.52. The zero-order chi connectivity index (χ0) is 18.8. The van der Waals surface area contributed by atoms with Crippen LogP contribution in [0, 0.1) is 13.8 Å². The molecule has 0 saturated carbocycles. The Morgan fingerprint density at radius 1 is 1.19 bits per heavy atom. The molecule has 1 amide bonds. The highest BCUT2D eigenvalue weighted by Gasteiger charge is 2.19. The molecule has 0 aliphatic rings. The Morgan fingerprint density at radius 3 is 2.50 bits per heavy atom. The van der Waals surface area contributed by atoms with Crippen LogP contribution >= 0.6 is 23.2 Å². The van der Waals surface area contributed by atoms with Gasteiger partial charge in [-0.15, -0.1) is 5.10 Å². The van der Waals surface area contributed by atoms with Crippen LogP contribution in [0.3, 0.4) is 0 Å². The van der Waals surface area contributed by atoms with E-state index in [-0.39, 0.29) is 11.9 Å². The van der Waals surface area contributed by atoms with E-state index in [9.17, 15) is 4.79 Å². The van der Waals surface area contributed by atoms with Crippen molar-refractivity contribution in [1.82, 2.24) is 24.5 Å². The maximum Gasteiger partial charge on any atom is 0.261 e. The Kier molecular flexibility index (Phi) is 5.29. The molecule has 0 radical (unpaired) electrons. The van der Waals surface area contributed by atoms with Crippen molar-refractivity contribution in [2.75, 3.05) is 5.32 Å². The average Bonchev–Trinajstić information content (AvgIpc) is 3.14. The lowest BCUT2D eigenvalue weighted by molar-refractivity contribution is 0.102. The molecule has 0 atom stereocenters. The zero-order valence-corrected chi connectivity index (χ0v) is 16.1. The normalized spacial score (nSPS) is 11.0. The number of aromatic nitrogens is 5. The first kappa shape index (κ1) is 18.4. The summed E-state index contributed by atoms with van der Waals surface area (Å²) in [6, 6.07) is 5.31. The van der Waals surface area contributed by atoms with Crippen molar-refractivity contribution < 1.29 is 4.79 Å². The van der Waals surface area contributed by atoms with E-state index < -0.39 is 0 Å². The minimum absolute atomic E-state index is 0.209. The third kappa shape index (κ3) is 3.59. The molecule has 0 unspecified atom stereocenters. The molecule has 3 aromatic rings. The number of nitrogens with one attached hydrogen (secondary N) is 1. The fourth-order valence-corrected chi connectivity index (χ4v) is 3.29. The summed E-state index contributed by atoms with van der Waals surface area (Å²) in [6.45, 7) is 6.70. The predicted octanol–water partition coefficient (Wildman–Crippen LogP) is 3.72. The molecule has 0 aliphatic carbocycles. The van der Waals surface area contributed by atoms with Crippen LogP contribution in [0.2, 0.25) is 10.0 Å². The minimum atomic E-state index is -0.284. The van der Waals surface area contributed by atoms with E-state index >= 15 is 0 Å². The van der Waals surface area contributed by atoms with Crippen LogP contribution in [0.15, 0.2) is 24.5 Å². The lowest BCUT2D eigenvalue weighted by atomic mass is 10.2. The zero-order valence-electron chi connectivity index (χ0n) is 14.6. The standard InChI is InChI=1S/C17H18Cl2N6O/c1-4-25-11(3)15(10(2)22-25)16(26)21-17-20-9-24(23-17)8-12-13(18)6-5-7-14(12)19/h5-7,9H,4,8H2,1-3H3,(H,21,23,26). The number of carbonyl (C=O) groups excluding carboxylic acids is 1. The summed E-state index contributed by atoms with van der Waals surface area (Å²) in [5.74, 6) is -0.0746. The van der Waals surface area contributed by atoms with Crippen molar-refractivity contribution in [3.8, 4) is 0 Å². The molecule has 2 heterocycles. The fourth-order valence-electron chi connectivity index (χ4n) is 2.77. The van der Waals surface area contributed by atoms with Crippen molar-refractivity contribution >= 4 is 35.1 Å². The highest BCUT2D eigenvalue weighted by atomic mass is 35.5. The Morgan fingerprint density at radius 2 is 1.88 bits per heavy atom. The lowest BCUT2D eigenvalue weighted by Crippen LogP contribution is -2.15. The molecule has 0 fully saturated rings. The van der Waals surface area contributed by atoms with Gasteiger partial charge in [0, 0.05) is 27.8 Å². The highest BCUT2D eigenvalue weighted by molar-refractivity contribution is 6.35. The van der Waals surface area contributed by atoms with Gasteiger partial charge in [0.05, 0.1) is 17.8 Å². The number of carbonyl (C=O) groups is 1. The number of hydrogen-bond donors (Lipinski definition) is 1. The van der Waals surface area contributed by atoms with Gasteiger partial charge in [-0.25, -0.2) is 9.67 Å².